The molecular weight excluding hydrogens is 184 g/mol. The van der Waals surface area contributed by atoms with Gasteiger partial charge in [0.15, 0.2) is 0 Å². The van der Waals surface area contributed by atoms with E-state index in [0.29, 0.717) is 6.54 Å². The molecule has 0 rings (SSSR count). The van der Waals surface area contributed by atoms with Crippen LogP contribution >= 0.6 is 0 Å². The summed E-state index contributed by atoms with van der Waals surface area (Å²) in [5.41, 5.74) is 0. The summed E-state index contributed by atoms with van der Waals surface area (Å²) in [7, 11) is 1.67. The van der Waals surface area contributed by atoms with Gasteiger partial charge in [-0.2, -0.15) is 0 Å². The lowest BCUT2D eigenvalue weighted by Crippen LogP contribution is -2.45. The molecule has 5 heteroatoms. The Morgan fingerprint density at radius 2 is 2.07 bits per heavy atom. The van der Waals surface area contributed by atoms with E-state index < -0.39 is 5.97 Å². The molecule has 1 amide bonds. The normalized spacial score (nSPS) is 12.2. The minimum absolute atomic E-state index is 0.170. The molecule has 14 heavy (non-hydrogen) atoms. The van der Waals surface area contributed by atoms with E-state index in [9.17, 15) is 9.59 Å². The number of rotatable bonds is 6. The van der Waals surface area contributed by atoms with Crippen LogP contribution in [0, 0.1) is 0 Å². The summed E-state index contributed by atoms with van der Waals surface area (Å²) in [5, 5.41) is 11.4. The monoisotopic (exact) mass is 202 g/mol. The number of hydrogen-bond donors (Lipinski definition) is 2. The second-order valence-corrected chi connectivity index (χ2v) is 3.16. The number of carbonyl (C=O) groups is 2. The lowest BCUT2D eigenvalue weighted by molar-refractivity contribution is -0.145. The van der Waals surface area contributed by atoms with Crippen LogP contribution in [0.5, 0.6) is 0 Å². The summed E-state index contributed by atoms with van der Waals surface area (Å²) < 4.78 is 0. The molecule has 0 saturated carbocycles. The van der Waals surface area contributed by atoms with Gasteiger partial charge >= 0.3 is 5.97 Å². The summed E-state index contributed by atoms with van der Waals surface area (Å²) >= 11 is 0. The van der Waals surface area contributed by atoms with Gasteiger partial charge in [-0.1, -0.05) is 6.92 Å². The molecular formula is C9H18N2O3. The average molecular weight is 202 g/mol. The topological polar surface area (TPSA) is 69.6 Å². The van der Waals surface area contributed by atoms with Gasteiger partial charge in [0.1, 0.15) is 6.54 Å². The molecule has 1 atom stereocenters. The Morgan fingerprint density at radius 3 is 2.43 bits per heavy atom. The maximum atomic E-state index is 11.6. The van der Waals surface area contributed by atoms with E-state index in [2.05, 4.69) is 5.32 Å². The number of aliphatic carboxylic acids is 1. The van der Waals surface area contributed by atoms with Crippen molar-refractivity contribution < 1.29 is 14.7 Å². The van der Waals surface area contributed by atoms with Crippen LogP contribution in [0.15, 0.2) is 0 Å². The third-order valence-corrected chi connectivity index (χ3v) is 1.93. The highest BCUT2D eigenvalue weighted by Crippen LogP contribution is 1.96. The number of carbonyl (C=O) groups excluding carboxylic acids is 1. The molecule has 0 saturated heterocycles. The third-order valence-electron chi connectivity index (χ3n) is 1.93. The Balaban J connectivity index is 4.31. The maximum Gasteiger partial charge on any atom is 0.323 e. The fourth-order valence-electron chi connectivity index (χ4n) is 1.10. The van der Waals surface area contributed by atoms with Crippen molar-refractivity contribution in [2.24, 2.45) is 0 Å². The van der Waals surface area contributed by atoms with Crippen molar-refractivity contribution in [2.45, 2.75) is 26.3 Å². The Hall–Kier alpha value is -1.10. The minimum atomic E-state index is -0.977. The lowest BCUT2D eigenvalue weighted by Gasteiger charge is -2.23. The van der Waals surface area contributed by atoms with Gasteiger partial charge < -0.3 is 15.3 Å². The van der Waals surface area contributed by atoms with Crippen molar-refractivity contribution in [1.29, 1.82) is 0 Å². The molecule has 2 N–H and O–H groups in total. The third kappa shape index (κ3) is 4.23. The standard InChI is InChI=1S/C9H18N2O3/c1-4-5-11(6-8(12)13)9(14)7(2)10-3/h7,10H,4-6H2,1-3H3,(H,12,13). The van der Waals surface area contributed by atoms with Gasteiger partial charge in [-0.05, 0) is 20.4 Å². The van der Waals surface area contributed by atoms with Crippen LogP contribution in [-0.2, 0) is 9.59 Å². The molecule has 0 aliphatic rings. The van der Waals surface area contributed by atoms with Crippen molar-refractivity contribution in [3.05, 3.63) is 0 Å². The van der Waals surface area contributed by atoms with Crippen molar-refractivity contribution in [2.75, 3.05) is 20.1 Å². The largest absolute Gasteiger partial charge is 0.480 e. The second-order valence-electron chi connectivity index (χ2n) is 3.16. The number of carboxylic acids is 1. The first-order chi connectivity index (χ1) is 6.52. The van der Waals surface area contributed by atoms with E-state index in [0.717, 1.165) is 6.42 Å². The van der Waals surface area contributed by atoms with Crippen molar-refractivity contribution in [3.8, 4) is 0 Å². The molecule has 0 spiro atoms. The molecule has 0 aliphatic heterocycles. The smallest absolute Gasteiger partial charge is 0.323 e. The van der Waals surface area contributed by atoms with E-state index in [-0.39, 0.29) is 18.5 Å². The van der Waals surface area contributed by atoms with Gasteiger partial charge in [0, 0.05) is 6.54 Å². The number of carboxylic acid groups (broad SMARTS) is 1. The fraction of sp³-hybridized carbons (Fsp3) is 0.778. The SMILES string of the molecule is CCCN(CC(=O)O)C(=O)C(C)NC. The first-order valence-corrected chi connectivity index (χ1v) is 4.70. The number of nitrogens with zero attached hydrogens (tertiary/aromatic N) is 1. The van der Waals surface area contributed by atoms with Crippen molar-refractivity contribution >= 4 is 11.9 Å². The molecule has 82 valence electrons. The molecule has 0 aromatic heterocycles. The molecule has 0 radical (unpaired) electrons. The molecule has 0 aromatic carbocycles. The molecule has 0 fully saturated rings. The average Bonchev–Trinajstić information content (AvgIpc) is 2.14. The maximum absolute atomic E-state index is 11.6. The predicted molar refractivity (Wildman–Crippen MR) is 53.0 cm³/mol. The predicted octanol–water partition coefficient (Wildman–Crippen LogP) is -0.0825. The van der Waals surface area contributed by atoms with Gasteiger partial charge in [0.2, 0.25) is 5.91 Å². The molecule has 1 unspecified atom stereocenters. The van der Waals surface area contributed by atoms with E-state index in [1.54, 1.807) is 14.0 Å². The first-order valence-electron chi connectivity index (χ1n) is 4.70. The Kier molecular flexibility index (Phi) is 5.87. The van der Waals surface area contributed by atoms with Crippen LogP contribution in [0.3, 0.4) is 0 Å². The van der Waals surface area contributed by atoms with E-state index in [1.807, 2.05) is 6.92 Å². The summed E-state index contributed by atoms with van der Waals surface area (Å²) in [4.78, 5) is 23.4. The quantitative estimate of drug-likeness (QED) is 0.632. The summed E-state index contributed by atoms with van der Waals surface area (Å²) in [6.45, 7) is 3.88. The van der Waals surface area contributed by atoms with E-state index in [4.69, 9.17) is 5.11 Å². The highest BCUT2D eigenvalue weighted by atomic mass is 16.4. The first kappa shape index (κ1) is 12.9. The Labute approximate surface area is 84.1 Å². The van der Waals surface area contributed by atoms with Crippen LogP contribution in [-0.4, -0.2) is 48.1 Å². The minimum Gasteiger partial charge on any atom is -0.480 e. The summed E-state index contributed by atoms with van der Waals surface area (Å²) in [5.74, 6) is -1.15. The van der Waals surface area contributed by atoms with Crippen molar-refractivity contribution in [1.82, 2.24) is 10.2 Å². The molecule has 0 aliphatic carbocycles. The Morgan fingerprint density at radius 1 is 1.50 bits per heavy atom. The molecule has 0 heterocycles. The highest BCUT2D eigenvalue weighted by molar-refractivity contribution is 5.85. The van der Waals surface area contributed by atoms with Crippen molar-refractivity contribution in [3.63, 3.8) is 0 Å². The van der Waals surface area contributed by atoms with E-state index in [1.165, 1.54) is 4.90 Å². The molecule has 0 aromatic rings. The highest BCUT2D eigenvalue weighted by Gasteiger charge is 2.20. The summed E-state index contributed by atoms with van der Waals surface area (Å²) in [6.07, 6.45) is 0.759. The van der Waals surface area contributed by atoms with Crippen LogP contribution in [0.2, 0.25) is 0 Å². The number of hydrogen-bond acceptors (Lipinski definition) is 3. The molecule has 5 nitrogen and oxygen atoms in total. The van der Waals surface area contributed by atoms with Crippen LogP contribution < -0.4 is 5.32 Å². The van der Waals surface area contributed by atoms with Gasteiger partial charge in [0.25, 0.3) is 0 Å². The van der Waals surface area contributed by atoms with Gasteiger partial charge in [-0.3, -0.25) is 9.59 Å². The van der Waals surface area contributed by atoms with Crippen LogP contribution in [0.1, 0.15) is 20.3 Å². The zero-order chi connectivity index (χ0) is 11.1. The Bertz CT molecular complexity index is 206. The number of nitrogens with one attached hydrogen (secondary N) is 1. The second kappa shape index (κ2) is 6.37. The fourth-order valence-corrected chi connectivity index (χ4v) is 1.10. The van der Waals surface area contributed by atoms with E-state index >= 15 is 0 Å². The van der Waals surface area contributed by atoms with Crippen LogP contribution in [0.4, 0.5) is 0 Å². The van der Waals surface area contributed by atoms with Crippen LogP contribution in [0.25, 0.3) is 0 Å². The van der Waals surface area contributed by atoms with Gasteiger partial charge in [0.05, 0.1) is 6.04 Å². The van der Waals surface area contributed by atoms with Gasteiger partial charge in [-0.15, -0.1) is 0 Å². The molecule has 0 bridgehead atoms. The zero-order valence-corrected chi connectivity index (χ0v) is 8.91. The number of amides is 1. The summed E-state index contributed by atoms with van der Waals surface area (Å²) in [6, 6.07) is -0.333. The lowest BCUT2D eigenvalue weighted by atomic mass is 10.2. The number of likely N-dealkylation sites (N-methyl/N-ethyl adjacent to an activating group) is 1. The van der Waals surface area contributed by atoms with Gasteiger partial charge in [-0.25, -0.2) is 0 Å². The zero-order valence-electron chi connectivity index (χ0n) is 8.91.